The summed E-state index contributed by atoms with van der Waals surface area (Å²) < 4.78 is 10.8. The van der Waals surface area contributed by atoms with Crippen LogP contribution in [0.25, 0.3) is 0 Å². The van der Waals surface area contributed by atoms with Crippen molar-refractivity contribution < 1.29 is 14.3 Å². The van der Waals surface area contributed by atoms with Crippen LogP contribution < -0.4 is 4.74 Å². The highest BCUT2D eigenvalue weighted by Gasteiger charge is 2.14. The van der Waals surface area contributed by atoms with Crippen LogP contribution in [0.4, 0.5) is 0 Å². The molecule has 0 saturated carbocycles. The Balaban J connectivity index is 2.63. The molecular formula is C11H15BIO3P. The van der Waals surface area contributed by atoms with Gasteiger partial charge in [0.1, 0.15) is 5.75 Å². The lowest BCUT2D eigenvalue weighted by atomic mass is 9.88. The van der Waals surface area contributed by atoms with Gasteiger partial charge in [-0.1, -0.05) is 13.0 Å². The molecule has 0 heterocycles. The van der Waals surface area contributed by atoms with E-state index in [4.69, 9.17) is 4.74 Å². The quantitative estimate of drug-likeness (QED) is 0.349. The zero-order valence-electron chi connectivity index (χ0n) is 9.85. The van der Waals surface area contributed by atoms with Gasteiger partial charge in [0.05, 0.1) is 19.3 Å². The van der Waals surface area contributed by atoms with Crippen molar-refractivity contribution in [1.82, 2.24) is 0 Å². The standard InChI is InChI=1S/C11H15BIO3P/c1-8(12(13)17)7-16-10-5-3-4-9(6-10)11(14)15-2/h3-6,8H,7,17H2,1-2H3. The Morgan fingerprint density at radius 3 is 2.88 bits per heavy atom. The van der Waals surface area contributed by atoms with E-state index in [1.807, 2.05) is 6.07 Å². The number of esters is 1. The molecule has 0 saturated heterocycles. The highest BCUT2D eigenvalue weighted by molar-refractivity contribution is 14.1. The summed E-state index contributed by atoms with van der Waals surface area (Å²) >= 11 is 2.34. The molecule has 0 bridgehead atoms. The second-order valence-electron chi connectivity index (χ2n) is 3.75. The Morgan fingerprint density at radius 1 is 1.59 bits per heavy atom. The Hall–Kier alpha value is -0.285. The molecule has 6 heteroatoms. The third-order valence-electron chi connectivity index (χ3n) is 2.31. The fraction of sp³-hybridized carbons (Fsp3) is 0.364. The third-order valence-corrected chi connectivity index (χ3v) is 4.20. The van der Waals surface area contributed by atoms with E-state index in [2.05, 4.69) is 43.2 Å². The van der Waals surface area contributed by atoms with Crippen LogP contribution in [0.1, 0.15) is 17.3 Å². The second-order valence-corrected chi connectivity index (χ2v) is 7.27. The van der Waals surface area contributed by atoms with Crippen molar-refractivity contribution in [2.75, 3.05) is 13.7 Å². The van der Waals surface area contributed by atoms with Crippen LogP contribution in [0.5, 0.6) is 5.75 Å². The lowest BCUT2D eigenvalue weighted by Crippen LogP contribution is -2.12. The van der Waals surface area contributed by atoms with E-state index >= 15 is 0 Å². The molecule has 0 N–H and O–H groups in total. The van der Waals surface area contributed by atoms with Crippen LogP contribution in [-0.4, -0.2) is 24.0 Å². The summed E-state index contributed by atoms with van der Waals surface area (Å²) in [6.07, 6.45) is 0. The summed E-state index contributed by atoms with van der Waals surface area (Å²) in [6, 6.07) is 7.03. The molecule has 92 valence electrons. The largest absolute Gasteiger partial charge is 0.494 e. The number of hydrogen-bond acceptors (Lipinski definition) is 3. The Kier molecular flexibility index (Phi) is 6.27. The van der Waals surface area contributed by atoms with Crippen LogP contribution in [0.15, 0.2) is 24.3 Å². The van der Waals surface area contributed by atoms with Gasteiger partial charge in [0.15, 0.2) is 0 Å². The van der Waals surface area contributed by atoms with Crippen molar-refractivity contribution in [1.29, 1.82) is 0 Å². The van der Waals surface area contributed by atoms with Crippen molar-refractivity contribution in [3.8, 4) is 5.75 Å². The molecule has 2 unspecified atom stereocenters. The molecule has 3 nitrogen and oxygen atoms in total. The first-order valence-electron chi connectivity index (χ1n) is 5.25. The number of halogens is 1. The summed E-state index contributed by atoms with van der Waals surface area (Å²) in [5.41, 5.74) is 0.509. The Morgan fingerprint density at radius 2 is 2.29 bits per heavy atom. The maximum absolute atomic E-state index is 11.3. The predicted molar refractivity (Wildman–Crippen MR) is 82.2 cm³/mol. The molecule has 0 fully saturated rings. The van der Waals surface area contributed by atoms with Crippen molar-refractivity contribution in [3.63, 3.8) is 0 Å². The van der Waals surface area contributed by atoms with Gasteiger partial charge in [-0.2, -0.15) is 9.12 Å². The average molecular weight is 364 g/mol. The number of hydrogen-bond donors (Lipinski definition) is 0. The Labute approximate surface area is 118 Å². The minimum absolute atomic E-state index is 0.346. The van der Waals surface area contributed by atoms with Gasteiger partial charge in [-0.05, 0) is 24.0 Å². The van der Waals surface area contributed by atoms with Gasteiger partial charge >= 0.3 is 5.97 Å². The minimum atomic E-state index is -0.346. The lowest BCUT2D eigenvalue weighted by Gasteiger charge is -2.13. The molecule has 17 heavy (non-hydrogen) atoms. The molecule has 1 aromatic carbocycles. The normalized spacial score (nSPS) is 11.8. The van der Waals surface area contributed by atoms with Crippen molar-refractivity contribution >= 4 is 41.8 Å². The molecule has 0 aliphatic heterocycles. The number of carbonyl (C=O) groups is 1. The monoisotopic (exact) mass is 364 g/mol. The zero-order chi connectivity index (χ0) is 12.8. The second kappa shape index (κ2) is 7.22. The van der Waals surface area contributed by atoms with Crippen molar-refractivity contribution in [2.45, 2.75) is 12.7 Å². The molecular weight excluding hydrogens is 349 g/mol. The number of methoxy groups -OCH3 is 1. The third kappa shape index (κ3) is 4.84. The summed E-state index contributed by atoms with van der Waals surface area (Å²) in [4.78, 5) is 11.3. The molecule has 0 spiro atoms. The molecule has 0 aliphatic rings. The maximum Gasteiger partial charge on any atom is 0.337 e. The molecule has 0 radical (unpaired) electrons. The van der Waals surface area contributed by atoms with Crippen LogP contribution >= 0.6 is 31.5 Å². The summed E-state index contributed by atoms with van der Waals surface area (Å²) in [5.74, 6) is 0.783. The smallest absolute Gasteiger partial charge is 0.337 e. The van der Waals surface area contributed by atoms with E-state index in [0.29, 0.717) is 28.0 Å². The highest BCUT2D eigenvalue weighted by Crippen LogP contribution is 2.22. The van der Waals surface area contributed by atoms with E-state index in [0.717, 1.165) is 0 Å². The first-order chi connectivity index (χ1) is 8.04. The lowest BCUT2D eigenvalue weighted by molar-refractivity contribution is 0.0600. The minimum Gasteiger partial charge on any atom is -0.494 e. The molecule has 1 aromatic rings. The van der Waals surface area contributed by atoms with E-state index in [1.165, 1.54) is 7.11 Å². The van der Waals surface area contributed by atoms with E-state index in [-0.39, 0.29) is 5.97 Å². The molecule has 0 amide bonds. The number of benzene rings is 1. The summed E-state index contributed by atoms with van der Waals surface area (Å²) in [5, 5.41) is 0. The molecule has 0 aliphatic carbocycles. The van der Waals surface area contributed by atoms with Crippen LogP contribution in [-0.2, 0) is 4.74 Å². The first kappa shape index (κ1) is 14.8. The van der Waals surface area contributed by atoms with Gasteiger partial charge in [0, 0.05) is 0 Å². The average Bonchev–Trinajstić information content (AvgIpc) is 2.35. The molecule has 0 aromatic heterocycles. The highest BCUT2D eigenvalue weighted by atomic mass is 127. The van der Waals surface area contributed by atoms with Gasteiger partial charge < -0.3 is 9.47 Å². The van der Waals surface area contributed by atoms with Crippen LogP contribution in [0.3, 0.4) is 0 Å². The van der Waals surface area contributed by atoms with Gasteiger partial charge in [-0.15, -0.1) is 22.4 Å². The first-order valence-corrected chi connectivity index (χ1v) is 7.16. The topological polar surface area (TPSA) is 35.5 Å². The van der Waals surface area contributed by atoms with Gasteiger partial charge in [0.25, 0.3) is 0 Å². The number of carbonyl (C=O) groups excluding carboxylic acids is 1. The number of rotatable bonds is 5. The fourth-order valence-electron chi connectivity index (χ4n) is 1.15. The van der Waals surface area contributed by atoms with E-state index < -0.39 is 0 Å². The van der Waals surface area contributed by atoms with E-state index in [9.17, 15) is 4.79 Å². The molecule has 1 rings (SSSR count). The molecule has 2 atom stereocenters. The summed E-state index contributed by atoms with van der Waals surface area (Å²) in [7, 11) is 4.12. The van der Waals surface area contributed by atoms with Crippen LogP contribution in [0, 0.1) is 0 Å². The summed E-state index contributed by atoms with van der Waals surface area (Å²) in [6.45, 7) is 2.75. The number of ether oxygens (including phenoxy) is 2. The van der Waals surface area contributed by atoms with E-state index in [1.54, 1.807) is 18.2 Å². The fourth-order valence-corrected chi connectivity index (χ4v) is 1.47. The maximum atomic E-state index is 11.3. The van der Waals surface area contributed by atoms with Crippen molar-refractivity contribution in [2.24, 2.45) is 0 Å². The van der Waals surface area contributed by atoms with Gasteiger partial charge in [-0.25, -0.2) is 4.79 Å². The Bertz CT molecular complexity index is 387. The SMILES string of the molecule is COC(=O)c1cccc(OCC(C)B(P)I)c1. The van der Waals surface area contributed by atoms with Gasteiger partial charge in [-0.3, -0.25) is 0 Å². The van der Waals surface area contributed by atoms with Crippen LogP contribution in [0.2, 0.25) is 5.82 Å². The van der Waals surface area contributed by atoms with Gasteiger partial charge in [0.2, 0.25) is 4.29 Å². The van der Waals surface area contributed by atoms with Crippen molar-refractivity contribution in [3.05, 3.63) is 29.8 Å². The zero-order valence-corrected chi connectivity index (χ0v) is 13.2. The predicted octanol–water partition coefficient (Wildman–Crippen LogP) is 3.04.